The van der Waals surface area contributed by atoms with Crippen LogP contribution in [0, 0.1) is 0 Å². The van der Waals surface area contributed by atoms with E-state index in [2.05, 4.69) is 10.6 Å². The maximum atomic E-state index is 12.2. The lowest BCUT2D eigenvalue weighted by atomic mass is 10.2. The first-order valence-corrected chi connectivity index (χ1v) is 9.21. The van der Waals surface area contributed by atoms with E-state index in [9.17, 15) is 19.2 Å². The van der Waals surface area contributed by atoms with Crippen molar-refractivity contribution in [2.75, 3.05) is 30.3 Å². The summed E-state index contributed by atoms with van der Waals surface area (Å²) in [5.74, 6) is -1.30. The third-order valence-corrected chi connectivity index (χ3v) is 3.82. The lowest BCUT2D eigenvalue weighted by Crippen LogP contribution is -2.40. The Hall–Kier alpha value is -3.88. The summed E-state index contributed by atoms with van der Waals surface area (Å²) in [5, 5.41) is 5.29. The first-order valence-electron chi connectivity index (χ1n) is 9.21. The number of hydrogen-bond acceptors (Lipinski definition) is 6. The molecule has 158 valence electrons. The van der Waals surface area contributed by atoms with Gasteiger partial charge in [0.2, 0.25) is 11.8 Å². The number of ether oxygens (including phenoxy) is 1. The Morgan fingerprint density at radius 3 is 2.30 bits per heavy atom. The van der Waals surface area contributed by atoms with Crippen LogP contribution in [0.25, 0.3) is 6.08 Å². The van der Waals surface area contributed by atoms with E-state index < -0.39 is 24.4 Å². The van der Waals surface area contributed by atoms with E-state index in [4.69, 9.17) is 9.15 Å². The highest BCUT2D eigenvalue weighted by molar-refractivity contribution is 5.95. The Kier molecular flexibility index (Phi) is 8.37. The number of anilines is 2. The number of likely N-dealkylation sites (N-methyl/N-ethyl adjacent to an activating group) is 1. The molecule has 9 nitrogen and oxygen atoms in total. The molecule has 0 aliphatic heterocycles. The van der Waals surface area contributed by atoms with E-state index in [1.54, 1.807) is 43.3 Å². The van der Waals surface area contributed by atoms with Gasteiger partial charge < -0.3 is 24.7 Å². The van der Waals surface area contributed by atoms with Gasteiger partial charge >= 0.3 is 5.97 Å². The van der Waals surface area contributed by atoms with Crippen LogP contribution in [0.5, 0.6) is 0 Å². The fraction of sp³-hybridized carbons (Fsp3) is 0.238. The SMILES string of the molecule is CCN(CC(=O)Nc1ccc(NC(C)=O)cc1)C(=O)COC(=O)/C=C/c1ccco1. The molecule has 30 heavy (non-hydrogen) atoms. The van der Waals surface area contributed by atoms with Crippen LogP contribution in [0.3, 0.4) is 0 Å². The normalized spacial score (nSPS) is 10.5. The Bertz CT molecular complexity index is 903. The third-order valence-electron chi connectivity index (χ3n) is 3.82. The van der Waals surface area contributed by atoms with Gasteiger partial charge in [0.05, 0.1) is 12.8 Å². The van der Waals surface area contributed by atoms with Crippen LogP contribution in [0.4, 0.5) is 11.4 Å². The zero-order chi connectivity index (χ0) is 21.9. The smallest absolute Gasteiger partial charge is 0.331 e. The first-order chi connectivity index (χ1) is 14.4. The van der Waals surface area contributed by atoms with E-state index in [0.29, 0.717) is 17.1 Å². The number of furan rings is 1. The zero-order valence-electron chi connectivity index (χ0n) is 16.7. The van der Waals surface area contributed by atoms with Gasteiger partial charge in [-0.2, -0.15) is 0 Å². The Balaban J connectivity index is 1.80. The van der Waals surface area contributed by atoms with Crippen molar-refractivity contribution < 1.29 is 28.3 Å². The lowest BCUT2D eigenvalue weighted by Gasteiger charge is -2.20. The molecule has 0 aliphatic carbocycles. The van der Waals surface area contributed by atoms with Crippen LogP contribution in [-0.4, -0.2) is 48.3 Å². The van der Waals surface area contributed by atoms with E-state index >= 15 is 0 Å². The van der Waals surface area contributed by atoms with Gasteiger partial charge in [0, 0.05) is 30.9 Å². The largest absolute Gasteiger partial charge is 0.465 e. The van der Waals surface area contributed by atoms with Crippen molar-refractivity contribution in [2.45, 2.75) is 13.8 Å². The number of benzene rings is 1. The predicted molar refractivity (Wildman–Crippen MR) is 110 cm³/mol. The second-order valence-electron chi connectivity index (χ2n) is 6.17. The van der Waals surface area contributed by atoms with Crippen molar-refractivity contribution in [3.63, 3.8) is 0 Å². The van der Waals surface area contributed by atoms with E-state index in [0.717, 1.165) is 6.08 Å². The summed E-state index contributed by atoms with van der Waals surface area (Å²) in [4.78, 5) is 48.4. The summed E-state index contributed by atoms with van der Waals surface area (Å²) < 4.78 is 9.95. The van der Waals surface area contributed by atoms with Gasteiger partial charge in [-0.25, -0.2) is 4.79 Å². The minimum Gasteiger partial charge on any atom is -0.465 e. The molecule has 0 saturated carbocycles. The third kappa shape index (κ3) is 7.63. The molecule has 0 fully saturated rings. The molecule has 0 radical (unpaired) electrons. The molecular weight excluding hydrogens is 390 g/mol. The van der Waals surface area contributed by atoms with Gasteiger partial charge in [-0.1, -0.05) is 0 Å². The minimum absolute atomic E-state index is 0.192. The molecule has 0 bridgehead atoms. The number of esters is 1. The van der Waals surface area contributed by atoms with E-state index in [-0.39, 0.29) is 19.0 Å². The van der Waals surface area contributed by atoms with Crippen molar-refractivity contribution >= 4 is 41.1 Å². The van der Waals surface area contributed by atoms with Crippen molar-refractivity contribution in [1.29, 1.82) is 0 Å². The number of nitrogens with zero attached hydrogens (tertiary/aromatic N) is 1. The van der Waals surface area contributed by atoms with Gasteiger partial charge in [-0.3, -0.25) is 14.4 Å². The second kappa shape index (κ2) is 11.2. The monoisotopic (exact) mass is 413 g/mol. The molecule has 3 amide bonds. The highest BCUT2D eigenvalue weighted by Gasteiger charge is 2.17. The van der Waals surface area contributed by atoms with Crippen LogP contribution >= 0.6 is 0 Å². The Labute approximate surface area is 173 Å². The van der Waals surface area contributed by atoms with Gasteiger partial charge in [0.15, 0.2) is 6.61 Å². The fourth-order valence-electron chi connectivity index (χ4n) is 2.40. The molecule has 0 unspecified atom stereocenters. The maximum Gasteiger partial charge on any atom is 0.331 e. The standard InChI is InChI=1S/C21H23N3O6/c1-3-24(20(27)14-30-21(28)11-10-18-5-4-12-29-18)13-19(26)23-17-8-6-16(7-9-17)22-15(2)25/h4-12H,3,13-14H2,1-2H3,(H,22,25)(H,23,26)/b11-10+. The molecule has 1 aromatic heterocycles. The summed E-state index contributed by atoms with van der Waals surface area (Å²) in [6, 6.07) is 9.91. The topological polar surface area (TPSA) is 118 Å². The quantitative estimate of drug-likeness (QED) is 0.481. The zero-order valence-corrected chi connectivity index (χ0v) is 16.7. The van der Waals surface area contributed by atoms with E-state index in [1.165, 1.54) is 24.2 Å². The average molecular weight is 413 g/mol. The molecule has 9 heteroatoms. The van der Waals surface area contributed by atoms with Crippen LogP contribution < -0.4 is 10.6 Å². The number of amides is 3. The molecule has 2 rings (SSSR count). The van der Waals surface area contributed by atoms with E-state index in [1.807, 2.05) is 0 Å². The van der Waals surface area contributed by atoms with Crippen LogP contribution in [0.1, 0.15) is 19.6 Å². The summed E-state index contributed by atoms with van der Waals surface area (Å²) >= 11 is 0. The molecule has 0 saturated heterocycles. The molecule has 1 aromatic carbocycles. The molecule has 2 aromatic rings. The van der Waals surface area contributed by atoms with Crippen LogP contribution in [0.15, 0.2) is 53.2 Å². The van der Waals surface area contributed by atoms with Gasteiger partial charge in [0.1, 0.15) is 5.76 Å². The number of hydrogen-bond donors (Lipinski definition) is 2. The summed E-state index contributed by atoms with van der Waals surface area (Å²) in [6.45, 7) is 2.72. The number of carbonyl (C=O) groups excluding carboxylic acids is 4. The molecule has 2 N–H and O–H groups in total. The molecule has 0 aliphatic rings. The van der Waals surface area contributed by atoms with Gasteiger partial charge in [0.25, 0.3) is 5.91 Å². The van der Waals surface area contributed by atoms with Crippen molar-refractivity contribution in [2.24, 2.45) is 0 Å². The highest BCUT2D eigenvalue weighted by Crippen LogP contribution is 2.13. The summed E-state index contributed by atoms with van der Waals surface area (Å²) in [7, 11) is 0. The highest BCUT2D eigenvalue weighted by atomic mass is 16.5. The number of nitrogens with one attached hydrogen (secondary N) is 2. The van der Waals surface area contributed by atoms with Crippen molar-refractivity contribution in [3.05, 3.63) is 54.5 Å². The molecular formula is C21H23N3O6. The molecule has 1 heterocycles. The minimum atomic E-state index is -0.695. The predicted octanol–water partition coefficient (Wildman–Crippen LogP) is 2.28. The Morgan fingerprint density at radius 2 is 1.73 bits per heavy atom. The maximum absolute atomic E-state index is 12.2. The van der Waals surface area contributed by atoms with Gasteiger partial charge in [-0.05, 0) is 49.4 Å². The van der Waals surface area contributed by atoms with Crippen molar-refractivity contribution in [3.8, 4) is 0 Å². The molecule has 0 atom stereocenters. The molecule has 0 spiro atoms. The lowest BCUT2D eigenvalue weighted by molar-refractivity contribution is -0.148. The number of carbonyl (C=O) groups is 4. The summed E-state index contributed by atoms with van der Waals surface area (Å²) in [6.07, 6.45) is 4.05. The first kappa shape index (κ1) is 22.4. The Morgan fingerprint density at radius 1 is 1.07 bits per heavy atom. The summed E-state index contributed by atoms with van der Waals surface area (Å²) in [5.41, 5.74) is 1.13. The number of rotatable bonds is 9. The van der Waals surface area contributed by atoms with Crippen molar-refractivity contribution in [1.82, 2.24) is 4.90 Å². The van der Waals surface area contributed by atoms with Crippen LogP contribution in [0.2, 0.25) is 0 Å². The van der Waals surface area contributed by atoms with Crippen LogP contribution in [-0.2, 0) is 23.9 Å². The fourth-order valence-corrected chi connectivity index (χ4v) is 2.40. The van der Waals surface area contributed by atoms with Gasteiger partial charge in [-0.15, -0.1) is 0 Å². The average Bonchev–Trinajstić information content (AvgIpc) is 3.23. The second-order valence-corrected chi connectivity index (χ2v) is 6.17.